The van der Waals surface area contributed by atoms with E-state index in [0.717, 1.165) is 0 Å². The van der Waals surface area contributed by atoms with Crippen molar-refractivity contribution in [3.63, 3.8) is 0 Å². The highest BCUT2D eigenvalue weighted by Gasteiger charge is 2.32. The lowest BCUT2D eigenvalue weighted by molar-refractivity contribution is -0.128. The molecule has 1 unspecified atom stereocenters. The van der Waals surface area contributed by atoms with Gasteiger partial charge in [-0.1, -0.05) is 23.1 Å². The minimum Gasteiger partial charge on any atom is -0.374 e. The zero-order valence-electron chi connectivity index (χ0n) is 10.3. The predicted molar refractivity (Wildman–Crippen MR) is 74.9 cm³/mol. The number of anilines is 1. The third-order valence-electron chi connectivity index (χ3n) is 2.89. The van der Waals surface area contributed by atoms with Gasteiger partial charge in [-0.15, -0.1) is 10.2 Å². The second-order valence-electron chi connectivity index (χ2n) is 4.26. The van der Waals surface area contributed by atoms with Gasteiger partial charge in [0.15, 0.2) is 14.2 Å². The average Bonchev–Trinajstić information content (AvgIpc) is 2.91. The maximum atomic E-state index is 12.0. The fourth-order valence-electron chi connectivity index (χ4n) is 1.79. The van der Waals surface area contributed by atoms with E-state index >= 15 is 0 Å². The smallest absolute Gasteiger partial charge is 0.233 e. The average molecular weight is 322 g/mol. The number of nitrogens with two attached hydrogens (primary N) is 1. The molecule has 2 N–H and O–H groups in total. The highest BCUT2D eigenvalue weighted by atomic mass is 32.2. The minimum atomic E-state index is -2.98. The zero-order valence-corrected chi connectivity index (χ0v) is 12.7. The number of sulfone groups is 1. The van der Waals surface area contributed by atoms with Crippen LogP contribution in [0.15, 0.2) is 4.34 Å². The first-order valence-corrected chi connectivity index (χ1v) is 9.17. The summed E-state index contributed by atoms with van der Waals surface area (Å²) in [5, 5.41) is 7.83. The van der Waals surface area contributed by atoms with E-state index in [0.29, 0.717) is 15.9 Å². The van der Waals surface area contributed by atoms with Crippen LogP contribution in [-0.2, 0) is 14.6 Å². The summed E-state index contributed by atoms with van der Waals surface area (Å²) in [5.41, 5.74) is 5.44. The number of thioether (sulfide) groups is 1. The van der Waals surface area contributed by atoms with Crippen molar-refractivity contribution >= 4 is 44.0 Å². The Labute approximate surface area is 119 Å². The third kappa shape index (κ3) is 3.80. The van der Waals surface area contributed by atoms with E-state index in [1.807, 2.05) is 0 Å². The van der Waals surface area contributed by atoms with Gasteiger partial charge in [-0.3, -0.25) is 4.79 Å². The number of rotatable bonds is 4. The standard InChI is InChI=1S/C9H14N4O3S3/c1-13(6-2-3-19(15,16)5-6)7(14)4-17-9-12-11-8(10)18-9/h6H,2-5H2,1H3,(H2,10,11). The van der Waals surface area contributed by atoms with Crippen LogP contribution < -0.4 is 5.73 Å². The van der Waals surface area contributed by atoms with Crippen molar-refractivity contribution in [3.8, 4) is 0 Å². The van der Waals surface area contributed by atoms with E-state index < -0.39 is 9.84 Å². The van der Waals surface area contributed by atoms with E-state index in [9.17, 15) is 13.2 Å². The molecule has 0 aliphatic carbocycles. The summed E-state index contributed by atoms with van der Waals surface area (Å²) in [5.74, 6) is 0.323. The molecule has 1 aliphatic rings. The molecule has 1 fully saturated rings. The molecule has 1 amide bonds. The molecule has 1 aromatic heterocycles. The Kier molecular flexibility index (Phi) is 4.31. The molecule has 7 nitrogen and oxygen atoms in total. The van der Waals surface area contributed by atoms with Gasteiger partial charge < -0.3 is 10.6 Å². The summed E-state index contributed by atoms with van der Waals surface area (Å²) < 4.78 is 23.4. The third-order valence-corrected chi connectivity index (χ3v) is 6.51. The largest absolute Gasteiger partial charge is 0.374 e. The summed E-state index contributed by atoms with van der Waals surface area (Å²) >= 11 is 2.49. The van der Waals surface area contributed by atoms with Crippen molar-refractivity contribution in [3.05, 3.63) is 0 Å². The number of aromatic nitrogens is 2. The maximum absolute atomic E-state index is 12.0. The van der Waals surface area contributed by atoms with Crippen LogP contribution in [-0.4, -0.2) is 59.8 Å². The van der Waals surface area contributed by atoms with Gasteiger partial charge in [-0.05, 0) is 6.42 Å². The molecule has 0 radical (unpaired) electrons. The maximum Gasteiger partial charge on any atom is 0.233 e. The summed E-state index contributed by atoms with van der Waals surface area (Å²) in [6, 6.07) is -0.211. The molecule has 2 rings (SSSR count). The van der Waals surface area contributed by atoms with Crippen LogP contribution in [0.25, 0.3) is 0 Å². The molecular weight excluding hydrogens is 308 g/mol. The summed E-state index contributed by atoms with van der Waals surface area (Å²) in [6.45, 7) is 0. The molecule has 19 heavy (non-hydrogen) atoms. The van der Waals surface area contributed by atoms with E-state index in [2.05, 4.69) is 10.2 Å². The Bertz CT molecular complexity index is 571. The summed E-state index contributed by atoms with van der Waals surface area (Å²) in [7, 11) is -1.33. The van der Waals surface area contributed by atoms with E-state index in [1.165, 1.54) is 28.0 Å². The Morgan fingerprint density at radius 1 is 1.58 bits per heavy atom. The number of amides is 1. The highest BCUT2D eigenvalue weighted by Crippen LogP contribution is 2.24. The summed E-state index contributed by atoms with van der Waals surface area (Å²) in [6.07, 6.45) is 0.515. The Balaban J connectivity index is 1.86. The Hall–Kier alpha value is -0.870. The first kappa shape index (κ1) is 14.5. The second-order valence-corrected chi connectivity index (χ2v) is 8.72. The molecule has 2 heterocycles. The fraction of sp³-hybridized carbons (Fsp3) is 0.667. The lowest BCUT2D eigenvalue weighted by Crippen LogP contribution is -2.38. The number of carbonyl (C=O) groups excluding carboxylic acids is 1. The summed E-state index contributed by atoms with van der Waals surface area (Å²) in [4.78, 5) is 13.5. The highest BCUT2D eigenvalue weighted by molar-refractivity contribution is 8.01. The van der Waals surface area contributed by atoms with Crippen LogP contribution in [0.5, 0.6) is 0 Å². The molecule has 1 saturated heterocycles. The molecule has 1 atom stereocenters. The monoisotopic (exact) mass is 322 g/mol. The number of carbonyl (C=O) groups is 1. The van der Waals surface area contributed by atoms with Gasteiger partial charge in [0, 0.05) is 13.1 Å². The Morgan fingerprint density at radius 2 is 2.32 bits per heavy atom. The van der Waals surface area contributed by atoms with Gasteiger partial charge >= 0.3 is 0 Å². The molecule has 0 bridgehead atoms. The van der Waals surface area contributed by atoms with Crippen LogP contribution in [0.4, 0.5) is 5.13 Å². The lowest BCUT2D eigenvalue weighted by Gasteiger charge is -2.22. The van der Waals surface area contributed by atoms with E-state index in [1.54, 1.807) is 7.05 Å². The first-order valence-electron chi connectivity index (χ1n) is 5.55. The van der Waals surface area contributed by atoms with Crippen molar-refractivity contribution in [2.75, 3.05) is 30.0 Å². The van der Waals surface area contributed by atoms with Gasteiger partial charge in [0.2, 0.25) is 11.0 Å². The van der Waals surface area contributed by atoms with Crippen molar-refractivity contribution < 1.29 is 13.2 Å². The topological polar surface area (TPSA) is 106 Å². The first-order chi connectivity index (χ1) is 8.87. The van der Waals surface area contributed by atoms with Crippen LogP contribution in [0.2, 0.25) is 0 Å². The molecule has 106 valence electrons. The molecule has 10 heteroatoms. The van der Waals surface area contributed by atoms with Crippen LogP contribution in [0.1, 0.15) is 6.42 Å². The minimum absolute atomic E-state index is 0.0612. The van der Waals surface area contributed by atoms with Crippen LogP contribution >= 0.6 is 23.1 Å². The van der Waals surface area contributed by atoms with Crippen LogP contribution in [0.3, 0.4) is 0 Å². The van der Waals surface area contributed by atoms with Crippen molar-refractivity contribution in [1.82, 2.24) is 15.1 Å². The van der Waals surface area contributed by atoms with Crippen LogP contribution in [0, 0.1) is 0 Å². The van der Waals surface area contributed by atoms with Gasteiger partial charge in [-0.2, -0.15) is 0 Å². The van der Waals surface area contributed by atoms with Gasteiger partial charge in [0.05, 0.1) is 17.3 Å². The quantitative estimate of drug-likeness (QED) is 0.769. The molecule has 0 spiro atoms. The van der Waals surface area contributed by atoms with Gasteiger partial charge in [-0.25, -0.2) is 8.42 Å². The second kappa shape index (κ2) is 5.63. The SMILES string of the molecule is CN(C(=O)CSc1nnc(N)s1)C1CCS(=O)(=O)C1. The number of nitrogens with zero attached hydrogens (tertiary/aromatic N) is 3. The molecule has 0 aromatic carbocycles. The Morgan fingerprint density at radius 3 is 2.84 bits per heavy atom. The lowest BCUT2D eigenvalue weighted by atomic mass is 10.2. The number of hydrogen-bond donors (Lipinski definition) is 1. The van der Waals surface area contributed by atoms with E-state index in [4.69, 9.17) is 5.73 Å². The number of nitrogen functional groups attached to an aromatic ring is 1. The molecular formula is C9H14N4O3S3. The van der Waals surface area contributed by atoms with Crippen molar-refractivity contribution in [2.24, 2.45) is 0 Å². The number of hydrogen-bond acceptors (Lipinski definition) is 8. The van der Waals surface area contributed by atoms with Gasteiger partial charge in [0.1, 0.15) is 0 Å². The fourth-order valence-corrected chi connectivity index (χ4v) is 5.12. The van der Waals surface area contributed by atoms with Gasteiger partial charge in [0.25, 0.3) is 0 Å². The van der Waals surface area contributed by atoms with Crippen molar-refractivity contribution in [1.29, 1.82) is 0 Å². The normalized spacial score (nSPS) is 21.4. The molecule has 0 saturated carbocycles. The predicted octanol–water partition coefficient (Wildman–Crippen LogP) is -0.142. The van der Waals surface area contributed by atoms with E-state index in [-0.39, 0.29) is 29.2 Å². The van der Waals surface area contributed by atoms with Crippen molar-refractivity contribution in [2.45, 2.75) is 16.8 Å². The zero-order chi connectivity index (χ0) is 14.0. The molecule has 1 aliphatic heterocycles. The molecule has 1 aromatic rings.